The van der Waals surface area contributed by atoms with Crippen LogP contribution in [0.1, 0.15) is 113 Å². The Balaban J connectivity index is 0.000000183. The van der Waals surface area contributed by atoms with E-state index < -0.39 is 0 Å². The van der Waals surface area contributed by atoms with Crippen molar-refractivity contribution in [1.29, 1.82) is 0 Å². The molecule has 0 radical (unpaired) electrons. The van der Waals surface area contributed by atoms with E-state index in [9.17, 15) is 18.4 Å². The molecule has 7 rings (SSSR count). The van der Waals surface area contributed by atoms with E-state index in [0.717, 1.165) is 78.7 Å². The van der Waals surface area contributed by atoms with Crippen LogP contribution in [-0.2, 0) is 16.0 Å². The molecule has 272 valence electrons. The number of aromatic nitrogens is 2. The van der Waals surface area contributed by atoms with Crippen LogP contribution in [0.4, 0.5) is 8.78 Å². The van der Waals surface area contributed by atoms with Gasteiger partial charge < -0.3 is 0 Å². The zero-order chi connectivity index (χ0) is 36.8. The molecule has 2 fully saturated rings. The Morgan fingerprint density at radius 1 is 0.635 bits per heavy atom. The highest BCUT2D eigenvalue weighted by atomic mass is 19.1. The van der Waals surface area contributed by atoms with E-state index in [1.165, 1.54) is 28.8 Å². The lowest BCUT2D eigenvalue weighted by molar-refractivity contribution is -0.124. The highest BCUT2D eigenvalue weighted by Crippen LogP contribution is 2.42. The van der Waals surface area contributed by atoms with Crippen molar-refractivity contribution in [3.63, 3.8) is 0 Å². The second-order valence-electron chi connectivity index (χ2n) is 15.4. The van der Waals surface area contributed by atoms with Crippen molar-refractivity contribution in [1.82, 2.24) is 9.97 Å². The van der Waals surface area contributed by atoms with Crippen molar-refractivity contribution in [2.24, 2.45) is 23.7 Å². The molecule has 2 atom stereocenters. The molecule has 2 aromatic heterocycles. The lowest BCUT2D eigenvalue weighted by atomic mass is 9.72. The van der Waals surface area contributed by atoms with Crippen molar-refractivity contribution in [2.45, 2.75) is 104 Å². The number of carbonyl (C=O) groups is 2. The van der Waals surface area contributed by atoms with Gasteiger partial charge in [-0.1, -0.05) is 50.6 Å². The number of hydrogen-bond donors (Lipinski definition) is 0. The number of benzene rings is 3. The average Bonchev–Trinajstić information content (AvgIpc) is 3.17. The lowest BCUT2D eigenvalue weighted by Crippen LogP contribution is -2.26. The van der Waals surface area contributed by atoms with Crippen LogP contribution in [0.5, 0.6) is 0 Å². The van der Waals surface area contributed by atoms with Crippen LogP contribution in [0.2, 0.25) is 0 Å². The van der Waals surface area contributed by atoms with Crippen molar-refractivity contribution in [3.05, 3.63) is 119 Å². The van der Waals surface area contributed by atoms with Gasteiger partial charge in [0.15, 0.2) is 0 Å². The molecule has 4 nitrogen and oxygen atoms in total. The molecule has 0 amide bonds. The molecule has 0 N–H and O–H groups in total. The summed E-state index contributed by atoms with van der Waals surface area (Å²) >= 11 is 0. The third-order valence-electron chi connectivity index (χ3n) is 12.2. The molecular formula is C46H52F2N2O2. The topological polar surface area (TPSA) is 59.9 Å². The van der Waals surface area contributed by atoms with Gasteiger partial charge in [-0.25, -0.2) is 8.78 Å². The Morgan fingerprint density at radius 2 is 1.08 bits per heavy atom. The summed E-state index contributed by atoms with van der Waals surface area (Å²) in [6.45, 7) is 8.18. The van der Waals surface area contributed by atoms with Crippen molar-refractivity contribution >= 4 is 33.4 Å². The van der Waals surface area contributed by atoms with Gasteiger partial charge in [0.05, 0.1) is 11.0 Å². The zero-order valence-electron chi connectivity index (χ0n) is 31.1. The van der Waals surface area contributed by atoms with E-state index >= 15 is 0 Å². The molecule has 0 saturated heterocycles. The van der Waals surface area contributed by atoms with Gasteiger partial charge in [-0.2, -0.15) is 0 Å². The summed E-state index contributed by atoms with van der Waals surface area (Å²) in [6, 6.07) is 22.0. The van der Waals surface area contributed by atoms with Crippen LogP contribution in [-0.4, -0.2) is 21.5 Å². The number of fused-ring (bicyclic) bond motifs is 2. The Hall–Kier alpha value is -4.32. The maximum absolute atomic E-state index is 13.8. The summed E-state index contributed by atoms with van der Waals surface area (Å²) in [5.74, 6) is 2.37. The Labute approximate surface area is 307 Å². The first kappa shape index (κ1) is 37.4. The van der Waals surface area contributed by atoms with Crippen LogP contribution in [0.15, 0.2) is 85.2 Å². The van der Waals surface area contributed by atoms with Crippen LogP contribution in [0, 0.1) is 42.2 Å². The van der Waals surface area contributed by atoms with E-state index in [0.29, 0.717) is 48.1 Å². The van der Waals surface area contributed by atoms with Gasteiger partial charge in [0.1, 0.15) is 23.2 Å². The van der Waals surface area contributed by atoms with Gasteiger partial charge in [-0.15, -0.1) is 0 Å². The Morgan fingerprint density at radius 3 is 1.52 bits per heavy atom. The van der Waals surface area contributed by atoms with Crippen molar-refractivity contribution in [2.75, 3.05) is 0 Å². The standard InChI is InChI=1S/C26H28FNO.C20H24FNO/c1-17-3-5-19(6-4-17)15-26(29)18(2)20-7-9-21(10-8-20)23-13-14-28-25-12-11-22(27)16-24(23)25;1-3-20(23)13(2)14-4-6-15(7-5-14)17-10-11-22-19-9-8-16(21)12-18(17)19/h3-6,11-14,16,18,20-21H,7-10,15H2,1-2H3;8-15H,3-7H2,1-2H3. The summed E-state index contributed by atoms with van der Waals surface area (Å²) in [5.41, 5.74) is 6.45. The van der Waals surface area contributed by atoms with E-state index in [1.54, 1.807) is 24.3 Å². The van der Waals surface area contributed by atoms with Crippen LogP contribution >= 0.6 is 0 Å². The fourth-order valence-corrected chi connectivity index (χ4v) is 8.77. The maximum Gasteiger partial charge on any atom is 0.140 e. The normalized spacial score (nSPS) is 21.6. The van der Waals surface area contributed by atoms with Crippen LogP contribution in [0.25, 0.3) is 21.8 Å². The fraction of sp³-hybridized carbons (Fsp3) is 0.435. The summed E-state index contributed by atoms with van der Waals surface area (Å²) in [5, 5.41) is 1.87. The summed E-state index contributed by atoms with van der Waals surface area (Å²) in [7, 11) is 0. The van der Waals surface area contributed by atoms with Gasteiger partial charge in [0, 0.05) is 47.8 Å². The Bertz CT molecular complexity index is 1990. The number of carbonyl (C=O) groups excluding carboxylic acids is 2. The molecule has 2 heterocycles. The van der Waals surface area contributed by atoms with E-state index in [1.807, 2.05) is 31.5 Å². The molecule has 0 bridgehead atoms. The van der Waals surface area contributed by atoms with Crippen molar-refractivity contribution < 1.29 is 18.4 Å². The van der Waals surface area contributed by atoms with E-state index in [4.69, 9.17) is 0 Å². The van der Waals surface area contributed by atoms with Gasteiger partial charge in [-0.3, -0.25) is 19.6 Å². The summed E-state index contributed by atoms with van der Waals surface area (Å²) in [6.07, 6.45) is 13.3. The minimum absolute atomic E-state index is 0.0869. The molecule has 0 spiro atoms. The fourth-order valence-electron chi connectivity index (χ4n) is 8.77. The monoisotopic (exact) mass is 702 g/mol. The minimum Gasteiger partial charge on any atom is -0.299 e. The SMILES string of the molecule is CCC(=O)C(C)C1CCC(c2ccnc3ccc(F)cc23)CC1.Cc1ccc(CC(=O)C(C)C2CCC(c3ccnc4ccc(F)cc34)CC2)cc1. The molecule has 5 aromatic rings. The van der Waals surface area contributed by atoms with Crippen LogP contribution < -0.4 is 0 Å². The third kappa shape index (κ3) is 8.82. The van der Waals surface area contributed by atoms with Gasteiger partial charge >= 0.3 is 0 Å². The third-order valence-corrected chi connectivity index (χ3v) is 12.2. The molecule has 2 saturated carbocycles. The summed E-state index contributed by atoms with van der Waals surface area (Å²) in [4.78, 5) is 33.5. The number of pyridine rings is 2. The number of rotatable bonds is 9. The number of hydrogen-bond acceptors (Lipinski definition) is 4. The number of ketones is 2. The molecule has 6 heteroatoms. The quantitative estimate of drug-likeness (QED) is 0.153. The number of nitrogens with zero attached hydrogens (tertiary/aromatic N) is 2. The molecule has 0 aliphatic heterocycles. The largest absolute Gasteiger partial charge is 0.299 e. The summed E-state index contributed by atoms with van der Waals surface area (Å²) < 4.78 is 27.4. The first-order valence-electron chi connectivity index (χ1n) is 19.3. The van der Waals surface area contributed by atoms with Gasteiger partial charge in [0.25, 0.3) is 0 Å². The zero-order valence-corrected chi connectivity index (χ0v) is 31.1. The maximum atomic E-state index is 13.8. The number of Topliss-reactive ketones (excluding diaryl/α,β-unsaturated/α-hetero) is 2. The van der Waals surface area contributed by atoms with Crippen molar-refractivity contribution in [3.8, 4) is 0 Å². The predicted octanol–water partition coefficient (Wildman–Crippen LogP) is 11.7. The number of halogens is 2. The first-order chi connectivity index (χ1) is 25.1. The molecule has 52 heavy (non-hydrogen) atoms. The molecule has 3 aromatic carbocycles. The first-order valence-corrected chi connectivity index (χ1v) is 19.3. The molecule has 2 aliphatic rings. The average molecular weight is 703 g/mol. The minimum atomic E-state index is -0.212. The predicted molar refractivity (Wildman–Crippen MR) is 206 cm³/mol. The smallest absolute Gasteiger partial charge is 0.140 e. The molecular weight excluding hydrogens is 651 g/mol. The second-order valence-corrected chi connectivity index (χ2v) is 15.4. The molecule has 2 unspecified atom stereocenters. The van der Waals surface area contributed by atoms with Gasteiger partial charge in [-0.05, 0) is 147 Å². The van der Waals surface area contributed by atoms with Gasteiger partial charge in [0.2, 0.25) is 0 Å². The molecule has 2 aliphatic carbocycles. The Kier molecular flexibility index (Phi) is 12.2. The highest BCUT2D eigenvalue weighted by molar-refractivity contribution is 5.84. The van der Waals surface area contributed by atoms with Crippen LogP contribution in [0.3, 0.4) is 0 Å². The lowest BCUT2D eigenvalue weighted by Gasteiger charge is -2.32. The highest BCUT2D eigenvalue weighted by Gasteiger charge is 2.31. The van der Waals surface area contributed by atoms with E-state index in [2.05, 4.69) is 55.0 Å². The number of aryl methyl sites for hydroxylation is 1. The second kappa shape index (κ2) is 17.0. The van der Waals surface area contributed by atoms with E-state index in [-0.39, 0.29) is 23.5 Å².